The Kier molecular flexibility index (Phi) is 8.73. The summed E-state index contributed by atoms with van der Waals surface area (Å²) < 4.78 is 5.32. The van der Waals surface area contributed by atoms with Gasteiger partial charge in [-0.05, 0) is 44.4 Å². The molecule has 29 heavy (non-hydrogen) atoms. The number of aliphatic carboxylic acids is 2. The van der Waals surface area contributed by atoms with Crippen molar-refractivity contribution in [1.29, 1.82) is 0 Å². The summed E-state index contributed by atoms with van der Waals surface area (Å²) >= 11 is 0. The van der Waals surface area contributed by atoms with Gasteiger partial charge in [-0.3, -0.25) is 4.79 Å². The van der Waals surface area contributed by atoms with Crippen LogP contribution in [0.25, 0.3) is 0 Å². The molecule has 0 aromatic rings. The monoisotopic (exact) mass is 417 g/mol. The molecule has 3 unspecified atom stereocenters. The van der Waals surface area contributed by atoms with Crippen molar-refractivity contribution >= 4 is 18.0 Å². The number of hydrogen-bond acceptors (Lipinski definition) is 5. The van der Waals surface area contributed by atoms with E-state index in [1.807, 2.05) is 0 Å². The van der Waals surface area contributed by atoms with Gasteiger partial charge in [0, 0.05) is 12.5 Å². The molecule has 0 aliphatic carbocycles. The van der Waals surface area contributed by atoms with E-state index in [2.05, 4.69) is 5.32 Å². The minimum atomic E-state index is -1.94. The van der Waals surface area contributed by atoms with E-state index in [1.54, 1.807) is 62.3 Å². The number of carbonyl (C=O) groups excluding carboxylic acids is 1. The standard InChI is InChI=1S/C21H39NO7/c1-18(2,3)14(13(15(24)25)11-10-12-23)21(16(26)27,19(4,5)6)22-17(28)29-20(7,8)9/h13-14,23H,10-12H2,1-9H3,(H,22,28)(H,24,25)(H,26,27). The molecule has 170 valence electrons. The van der Waals surface area contributed by atoms with Gasteiger partial charge >= 0.3 is 18.0 Å². The Hall–Kier alpha value is -1.83. The average molecular weight is 418 g/mol. The molecule has 8 nitrogen and oxygen atoms in total. The van der Waals surface area contributed by atoms with Crippen molar-refractivity contribution in [2.75, 3.05) is 6.61 Å². The summed E-state index contributed by atoms with van der Waals surface area (Å²) in [5.74, 6) is -4.60. The summed E-state index contributed by atoms with van der Waals surface area (Å²) in [6.45, 7) is 15.0. The SMILES string of the molecule is CC(C)(C)OC(=O)NC(C(=O)O)(C(C(CCCO)C(=O)O)C(C)(C)C)C(C)(C)C. The molecule has 0 spiro atoms. The van der Waals surface area contributed by atoms with E-state index in [4.69, 9.17) is 4.74 Å². The van der Waals surface area contributed by atoms with Crippen molar-refractivity contribution in [2.45, 2.75) is 86.3 Å². The number of aliphatic hydroxyl groups is 1. The van der Waals surface area contributed by atoms with Crippen LogP contribution < -0.4 is 5.32 Å². The molecule has 0 aromatic carbocycles. The predicted molar refractivity (Wildman–Crippen MR) is 110 cm³/mol. The summed E-state index contributed by atoms with van der Waals surface area (Å²) in [7, 11) is 0. The van der Waals surface area contributed by atoms with Crippen LogP contribution in [0, 0.1) is 22.7 Å². The average Bonchev–Trinajstić information content (AvgIpc) is 2.44. The summed E-state index contributed by atoms with van der Waals surface area (Å²) in [4.78, 5) is 37.6. The summed E-state index contributed by atoms with van der Waals surface area (Å²) in [5.41, 5.74) is -4.65. The first-order valence-corrected chi connectivity index (χ1v) is 9.89. The van der Waals surface area contributed by atoms with E-state index in [-0.39, 0.29) is 19.4 Å². The van der Waals surface area contributed by atoms with Crippen LogP contribution >= 0.6 is 0 Å². The minimum Gasteiger partial charge on any atom is -0.481 e. The van der Waals surface area contributed by atoms with Gasteiger partial charge in [0.1, 0.15) is 11.1 Å². The van der Waals surface area contributed by atoms with Gasteiger partial charge in [0.05, 0.1) is 5.92 Å². The minimum absolute atomic E-state index is 0.0783. The topological polar surface area (TPSA) is 133 Å². The fourth-order valence-electron chi connectivity index (χ4n) is 4.00. The molecule has 4 N–H and O–H groups in total. The number of alkyl carbamates (subject to hydrolysis) is 1. The summed E-state index contributed by atoms with van der Waals surface area (Å²) in [6, 6.07) is 0. The zero-order valence-electron chi connectivity index (χ0n) is 19.3. The van der Waals surface area contributed by atoms with Gasteiger partial charge in [-0.25, -0.2) is 9.59 Å². The van der Waals surface area contributed by atoms with E-state index < -0.39 is 51.8 Å². The lowest BCUT2D eigenvalue weighted by Gasteiger charge is -2.53. The number of hydrogen-bond donors (Lipinski definition) is 4. The lowest BCUT2D eigenvalue weighted by molar-refractivity contribution is -0.166. The largest absolute Gasteiger partial charge is 0.481 e. The highest BCUT2D eigenvalue weighted by molar-refractivity contribution is 5.87. The maximum atomic E-state index is 12.7. The summed E-state index contributed by atoms with van der Waals surface area (Å²) in [5, 5.41) is 32.1. The first-order valence-electron chi connectivity index (χ1n) is 9.89. The second kappa shape index (κ2) is 9.32. The molecular weight excluding hydrogens is 378 g/mol. The van der Waals surface area contributed by atoms with E-state index >= 15 is 0 Å². The normalized spacial score (nSPS) is 17.0. The van der Waals surface area contributed by atoms with Gasteiger partial charge in [0.15, 0.2) is 0 Å². The molecule has 0 heterocycles. The third-order valence-corrected chi connectivity index (χ3v) is 5.01. The lowest BCUT2D eigenvalue weighted by Crippen LogP contribution is -2.71. The molecular formula is C21H39NO7. The Balaban J connectivity index is 6.78. The molecule has 3 atom stereocenters. The highest BCUT2D eigenvalue weighted by Crippen LogP contribution is 2.50. The maximum Gasteiger partial charge on any atom is 0.408 e. The van der Waals surface area contributed by atoms with Gasteiger partial charge in [0.25, 0.3) is 0 Å². The van der Waals surface area contributed by atoms with Crippen LogP contribution in [0.2, 0.25) is 0 Å². The number of aliphatic hydroxyl groups excluding tert-OH is 1. The molecule has 0 saturated heterocycles. The molecule has 0 aromatic heterocycles. The molecule has 0 radical (unpaired) electrons. The third-order valence-electron chi connectivity index (χ3n) is 5.01. The number of amides is 1. The number of carbonyl (C=O) groups is 3. The predicted octanol–water partition coefficient (Wildman–Crippen LogP) is 3.52. The highest BCUT2D eigenvalue weighted by Gasteiger charge is 2.62. The first-order chi connectivity index (χ1) is 12.8. The van der Waals surface area contributed by atoms with Gasteiger partial charge in [-0.15, -0.1) is 0 Å². The molecule has 1 amide bonds. The molecule has 0 fully saturated rings. The quantitative estimate of drug-likeness (QED) is 0.475. The number of carboxylic acid groups (broad SMARTS) is 2. The molecule has 0 rings (SSSR count). The van der Waals surface area contributed by atoms with Crippen molar-refractivity contribution in [3.05, 3.63) is 0 Å². The number of nitrogens with one attached hydrogen (secondary N) is 1. The van der Waals surface area contributed by atoms with Crippen molar-refractivity contribution < 1.29 is 34.4 Å². The molecule has 0 aliphatic heterocycles. The van der Waals surface area contributed by atoms with Gasteiger partial charge in [-0.1, -0.05) is 41.5 Å². The Morgan fingerprint density at radius 1 is 0.931 bits per heavy atom. The van der Waals surface area contributed by atoms with Crippen LogP contribution in [0.15, 0.2) is 0 Å². The third kappa shape index (κ3) is 6.87. The van der Waals surface area contributed by atoms with Gasteiger partial charge in [-0.2, -0.15) is 0 Å². The highest BCUT2D eigenvalue weighted by atomic mass is 16.6. The van der Waals surface area contributed by atoms with Crippen LogP contribution in [0.5, 0.6) is 0 Å². The second-order valence-corrected chi connectivity index (χ2v) is 10.6. The smallest absolute Gasteiger partial charge is 0.408 e. The van der Waals surface area contributed by atoms with E-state index in [1.165, 1.54) is 0 Å². The van der Waals surface area contributed by atoms with Crippen LogP contribution in [0.1, 0.15) is 75.2 Å². The fourth-order valence-corrected chi connectivity index (χ4v) is 4.00. The van der Waals surface area contributed by atoms with Crippen molar-refractivity contribution in [3.8, 4) is 0 Å². The van der Waals surface area contributed by atoms with E-state index in [0.717, 1.165) is 0 Å². The van der Waals surface area contributed by atoms with Gasteiger partial charge < -0.3 is 25.4 Å². The van der Waals surface area contributed by atoms with Crippen molar-refractivity contribution in [3.63, 3.8) is 0 Å². The second-order valence-electron chi connectivity index (χ2n) is 10.6. The van der Waals surface area contributed by atoms with Crippen LogP contribution in [-0.2, 0) is 14.3 Å². The number of carboxylic acids is 2. The fraction of sp³-hybridized carbons (Fsp3) is 0.857. The molecule has 0 saturated carbocycles. The lowest BCUT2D eigenvalue weighted by atomic mass is 9.54. The Bertz CT molecular complexity index is 596. The first kappa shape index (κ1) is 27.2. The number of ether oxygens (including phenoxy) is 1. The zero-order valence-corrected chi connectivity index (χ0v) is 19.3. The Morgan fingerprint density at radius 2 is 1.41 bits per heavy atom. The van der Waals surface area contributed by atoms with E-state index in [9.17, 15) is 29.7 Å². The molecule has 0 bridgehead atoms. The van der Waals surface area contributed by atoms with Crippen LogP contribution in [-0.4, -0.2) is 51.1 Å². The Morgan fingerprint density at radius 3 is 1.69 bits per heavy atom. The molecule has 8 heteroatoms. The maximum absolute atomic E-state index is 12.7. The van der Waals surface area contributed by atoms with Crippen molar-refractivity contribution in [1.82, 2.24) is 5.32 Å². The van der Waals surface area contributed by atoms with Crippen LogP contribution in [0.4, 0.5) is 4.79 Å². The van der Waals surface area contributed by atoms with E-state index in [0.29, 0.717) is 0 Å². The molecule has 0 aliphatic rings. The Labute approximate surface area is 174 Å². The van der Waals surface area contributed by atoms with Crippen LogP contribution in [0.3, 0.4) is 0 Å². The summed E-state index contributed by atoms with van der Waals surface area (Å²) in [6.07, 6.45) is -0.639. The van der Waals surface area contributed by atoms with Crippen molar-refractivity contribution in [2.24, 2.45) is 22.7 Å². The number of rotatable bonds is 8. The van der Waals surface area contributed by atoms with Gasteiger partial charge in [0.2, 0.25) is 0 Å². The zero-order chi connectivity index (χ0) is 23.4.